The van der Waals surface area contributed by atoms with Gasteiger partial charge in [0.05, 0.1) is 0 Å². The number of thioether (sulfide) groups is 1. The minimum Gasteiger partial charge on any atom is -0.357 e. The Bertz CT molecular complexity index is 981. The number of halogens is 1. The van der Waals surface area contributed by atoms with E-state index in [2.05, 4.69) is 65.6 Å². The molecule has 4 aromatic rings. The summed E-state index contributed by atoms with van der Waals surface area (Å²) in [6.07, 6.45) is 0. The van der Waals surface area contributed by atoms with Gasteiger partial charge in [0, 0.05) is 42.1 Å². The summed E-state index contributed by atoms with van der Waals surface area (Å²) >= 11 is 9.88. The van der Waals surface area contributed by atoms with Gasteiger partial charge in [-0.25, -0.2) is 0 Å². The van der Waals surface area contributed by atoms with Gasteiger partial charge < -0.3 is 4.98 Å². The summed E-state index contributed by atoms with van der Waals surface area (Å²) in [5.41, 5.74) is 2.37. The fraction of sp³-hybridized carbons (Fsp3) is 0.0476. The summed E-state index contributed by atoms with van der Waals surface area (Å²) < 4.78 is 0. The molecule has 1 heterocycles. The van der Waals surface area contributed by atoms with Crippen LogP contribution >= 0.6 is 35.1 Å². The molecule has 124 valence electrons. The Morgan fingerprint density at radius 1 is 0.800 bits per heavy atom. The van der Waals surface area contributed by atoms with Crippen molar-refractivity contribution in [3.63, 3.8) is 0 Å². The largest absolute Gasteiger partial charge is 0.357 e. The smallest absolute Gasteiger partial charge is 0.0469 e. The number of aromatic nitrogens is 1. The Hall–Kier alpha value is -1.81. The number of hydrogen-bond acceptors (Lipinski definition) is 2. The number of H-pyrrole nitrogens is 1. The zero-order chi connectivity index (χ0) is 17.1. The SMILES string of the molecule is Clc1ccc2[nH]c(CSc3ccccc3)c(Sc3ccccc3)c2c1. The Labute approximate surface area is 160 Å². The summed E-state index contributed by atoms with van der Waals surface area (Å²) in [5, 5.41) is 1.95. The zero-order valence-electron chi connectivity index (χ0n) is 13.4. The van der Waals surface area contributed by atoms with Gasteiger partial charge >= 0.3 is 0 Å². The first-order chi connectivity index (χ1) is 12.3. The van der Waals surface area contributed by atoms with Gasteiger partial charge in [-0.1, -0.05) is 59.8 Å². The quantitative estimate of drug-likeness (QED) is 0.366. The van der Waals surface area contributed by atoms with Crippen LogP contribution in [0.25, 0.3) is 10.9 Å². The Balaban J connectivity index is 1.70. The molecule has 0 bridgehead atoms. The molecule has 0 radical (unpaired) electrons. The van der Waals surface area contributed by atoms with Gasteiger partial charge in [0.2, 0.25) is 0 Å². The Morgan fingerprint density at radius 2 is 1.48 bits per heavy atom. The number of fused-ring (bicyclic) bond motifs is 1. The maximum Gasteiger partial charge on any atom is 0.0469 e. The molecule has 4 heteroatoms. The predicted octanol–water partition coefficient (Wildman–Crippen LogP) is 7.26. The first-order valence-electron chi connectivity index (χ1n) is 8.00. The van der Waals surface area contributed by atoms with Crippen molar-refractivity contribution in [3.8, 4) is 0 Å². The molecule has 0 spiro atoms. The molecule has 1 N–H and O–H groups in total. The molecule has 25 heavy (non-hydrogen) atoms. The van der Waals surface area contributed by atoms with Gasteiger partial charge in [0.25, 0.3) is 0 Å². The van der Waals surface area contributed by atoms with Gasteiger partial charge in [-0.05, 0) is 42.5 Å². The van der Waals surface area contributed by atoms with Crippen LogP contribution in [0.2, 0.25) is 5.02 Å². The van der Waals surface area contributed by atoms with E-state index < -0.39 is 0 Å². The maximum atomic E-state index is 6.25. The minimum atomic E-state index is 0.767. The molecule has 0 saturated carbocycles. The molecule has 1 aromatic heterocycles. The van der Waals surface area contributed by atoms with Gasteiger partial charge in [-0.2, -0.15) is 0 Å². The van der Waals surface area contributed by atoms with Gasteiger partial charge in [0.15, 0.2) is 0 Å². The van der Waals surface area contributed by atoms with Crippen LogP contribution in [0.5, 0.6) is 0 Å². The number of hydrogen-bond donors (Lipinski definition) is 1. The fourth-order valence-electron chi connectivity index (χ4n) is 2.69. The molecule has 0 aliphatic heterocycles. The number of aromatic amines is 1. The van der Waals surface area contributed by atoms with Crippen molar-refractivity contribution in [3.05, 3.63) is 89.6 Å². The van der Waals surface area contributed by atoms with E-state index in [1.165, 1.54) is 25.8 Å². The molecule has 4 rings (SSSR count). The molecule has 0 aliphatic carbocycles. The topological polar surface area (TPSA) is 15.8 Å². The lowest BCUT2D eigenvalue weighted by Gasteiger charge is -2.05. The van der Waals surface area contributed by atoms with E-state index in [0.717, 1.165) is 16.3 Å². The van der Waals surface area contributed by atoms with Gasteiger partial charge in [-0.15, -0.1) is 11.8 Å². The van der Waals surface area contributed by atoms with E-state index in [1.807, 2.05) is 30.0 Å². The average molecular weight is 382 g/mol. The highest BCUT2D eigenvalue weighted by Crippen LogP contribution is 2.39. The predicted molar refractivity (Wildman–Crippen MR) is 110 cm³/mol. The molecular weight excluding hydrogens is 366 g/mol. The van der Waals surface area contributed by atoms with Crippen LogP contribution in [0.1, 0.15) is 5.69 Å². The Morgan fingerprint density at radius 3 is 2.20 bits per heavy atom. The average Bonchev–Trinajstić information content (AvgIpc) is 2.99. The summed E-state index contributed by atoms with van der Waals surface area (Å²) in [5.74, 6) is 0.894. The summed E-state index contributed by atoms with van der Waals surface area (Å²) in [6, 6.07) is 27.0. The van der Waals surface area contributed by atoms with Crippen molar-refractivity contribution < 1.29 is 0 Å². The third-order valence-electron chi connectivity index (χ3n) is 3.88. The summed E-state index contributed by atoms with van der Waals surface area (Å²) in [7, 11) is 0. The van der Waals surface area contributed by atoms with Crippen molar-refractivity contribution in [2.75, 3.05) is 0 Å². The summed E-state index contributed by atoms with van der Waals surface area (Å²) in [4.78, 5) is 7.34. The van der Waals surface area contributed by atoms with Crippen molar-refractivity contribution in [1.29, 1.82) is 0 Å². The van der Waals surface area contributed by atoms with Crippen LogP contribution in [-0.4, -0.2) is 4.98 Å². The van der Waals surface area contributed by atoms with Crippen molar-refractivity contribution in [2.45, 2.75) is 20.4 Å². The highest BCUT2D eigenvalue weighted by Gasteiger charge is 2.14. The van der Waals surface area contributed by atoms with Crippen LogP contribution in [0, 0.1) is 0 Å². The summed E-state index contributed by atoms with van der Waals surface area (Å²) in [6.45, 7) is 0. The number of nitrogens with one attached hydrogen (secondary N) is 1. The second-order valence-corrected chi connectivity index (χ2v) is 8.21. The molecule has 0 atom stereocenters. The van der Waals surface area contributed by atoms with E-state index in [-0.39, 0.29) is 0 Å². The third kappa shape index (κ3) is 3.90. The van der Waals surface area contributed by atoms with E-state index in [4.69, 9.17) is 11.6 Å². The van der Waals surface area contributed by atoms with Crippen molar-refractivity contribution >= 4 is 46.0 Å². The monoisotopic (exact) mass is 381 g/mol. The fourth-order valence-corrected chi connectivity index (χ4v) is 4.89. The lowest BCUT2D eigenvalue weighted by atomic mass is 10.2. The number of rotatable bonds is 5. The molecule has 3 aromatic carbocycles. The molecular formula is C21H16ClNS2. The lowest BCUT2D eigenvalue weighted by molar-refractivity contribution is 1.19. The highest BCUT2D eigenvalue weighted by atomic mass is 35.5. The first kappa shape index (κ1) is 16.6. The number of benzene rings is 3. The third-order valence-corrected chi connectivity index (χ3v) is 6.33. The molecule has 0 aliphatic rings. The van der Waals surface area contributed by atoms with Crippen LogP contribution in [0.3, 0.4) is 0 Å². The molecule has 0 unspecified atom stereocenters. The second kappa shape index (κ2) is 7.61. The van der Waals surface area contributed by atoms with Crippen molar-refractivity contribution in [2.24, 2.45) is 0 Å². The second-order valence-electron chi connectivity index (χ2n) is 5.64. The first-order valence-corrected chi connectivity index (χ1v) is 10.2. The van der Waals surface area contributed by atoms with E-state index in [9.17, 15) is 0 Å². The molecule has 0 amide bonds. The minimum absolute atomic E-state index is 0.767. The maximum absolute atomic E-state index is 6.25. The van der Waals surface area contributed by atoms with Crippen LogP contribution in [0.4, 0.5) is 0 Å². The normalized spacial score (nSPS) is 11.1. The Kier molecular flexibility index (Phi) is 5.07. The molecule has 0 fully saturated rings. The molecule has 1 nitrogen and oxygen atoms in total. The highest BCUT2D eigenvalue weighted by molar-refractivity contribution is 8.00. The van der Waals surface area contributed by atoms with E-state index in [0.29, 0.717) is 0 Å². The van der Waals surface area contributed by atoms with Crippen LogP contribution in [0.15, 0.2) is 93.5 Å². The van der Waals surface area contributed by atoms with Gasteiger partial charge in [0.1, 0.15) is 0 Å². The molecule has 0 saturated heterocycles. The van der Waals surface area contributed by atoms with Crippen LogP contribution in [-0.2, 0) is 5.75 Å². The van der Waals surface area contributed by atoms with Crippen LogP contribution < -0.4 is 0 Å². The zero-order valence-corrected chi connectivity index (χ0v) is 15.8. The van der Waals surface area contributed by atoms with Gasteiger partial charge in [-0.3, -0.25) is 0 Å². The van der Waals surface area contributed by atoms with E-state index in [1.54, 1.807) is 11.8 Å². The van der Waals surface area contributed by atoms with E-state index >= 15 is 0 Å². The lowest BCUT2D eigenvalue weighted by Crippen LogP contribution is -1.84. The van der Waals surface area contributed by atoms with Crippen molar-refractivity contribution in [1.82, 2.24) is 4.98 Å². The standard InChI is InChI=1S/C21H16ClNS2/c22-15-11-12-19-18(13-15)21(25-17-9-5-2-6-10-17)20(23-19)14-24-16-7-3-1-4-8-16/h1-13,23H,14H2.